The summed E-state index contributed by atoms with van der Waals surface area (Å²) in [5.41, 5.74) is 3.48. The Morgan fingerprint density at radius 3 is 2.64 bits per heavy atom. The molecular weight excluding hydrogens is 336 g/mol. The predicted octanol–water partition coefficient (Wildman–Crippen LogP) is 2.55. The Morgan fingerprint density at radius 2 is 2.00 bits per heavy atom. The molecule has 1 aliphatic heterocycles. The van der Waals surface area contributed by atoms with E-state index >= 15 is 0 Å². The van der Waals surface area contributed by atoms with Gasteiger partial charge in [-0.1, -0.05) is 24.3 Å². The van der Waals surface area contributed by atoms with Crippen LogP contribution < -0.4 is 10.6 Å². The zero-order chi connectivity index (χ0) is 17.8. The molecule has 132 valence electrons. The molecule has 0 saturated carbocycles. The lowest BCUT2D eigenvalue weighted by Gasteiger charge is -2.15. The Bertz CT molecular complexity index is 770. The molecule has 1 aromatic carbocycles. The number of hydrogen-bond donors (Lipinski definition) is 2. The first-order chi connectivity index (χ1) is 12.1. The van der Waals surface area contributed by atoms with Crippen molar-refractivity contribution in [2.75, 3.05) is 18.9 Å². The minimum atomic E-state index is -0.123. The maximum Gasteiger partial charge on any atom is 0.256 e. The first-order valence-electron chi connectivity index (χ1n) is 8.36. The number of nitrogens with zero attached hydrogens (tertiary/aromatic N) is 2. The summed E-state index contributed by atoms with van der Waals surface area (Å²) < 4.78 is 4.22. The number of benzene rings is 1. The average Bonchev–Trinajstić information content (AvgIpc) is 3.19. The normalized spacial score (nSPS) is 14.0. The van der Waals surface area contributed by atoms with Gasteiger partial charge in [0.05, 0.1) is 11.3 Å². The summed E-state index contributed by atoms with van der Waals surface area (Å²) in [6.07, 6.45) is 1.62. The van der Waals surface area contributed by atoms with E-state index in [9.17, 15) is 9.59 Å². The molecule has 1 fully saturated rings. The number of carbonyl (C=O) groups excluding carboxylic acids is 2. The second kappa shape index (κ2) is 7.65. The maximum absolute atomic E-state index is 12.4. The van der Waals surface area contributed by atoms with Crippen LogP contribution in [0.1, 0.15) is 40.0 Å². The molecule has 1 aliphatic rings. The van der Waals surface area contributed by atoms with Crippen molar-refractivity contribution in [1.29, 1.82) is 0 Å². The van der Waals surface area contributed by atoms with Gasteiger partial charge >= 0.3 is 0 Å². The number of aryl methyl sites for hydroxylation is 1. The van der Waals surface area contributed by atoms with Gasteiger partial charge in [0.1, 0.15) is 5.00 Å². The third-order valence-corrected chi connectivity index (χ3v) is 5.29. The molecular formula is C18H22N4O2S. The quantitative estimate of drug-likeness (QED) is 0.832. The van der Waals surface area contributed by atoms with Crippen LogP contribution in [0.4, 0.5) is 5.00 Å². The van der Waals surface area contributed by atoms with Crippen molar-refractivity contribution in [3.05, 3.63) is 46.6 Å². The fourth-order valence-electron chi connectivity index (χ4n) is 2.93. The summed E-state index contributed by atoms with van der Waals surface area (Å²) in [7, 11) is 1.79. The van der Waals surface area contributed by atoms with Crippen molar-refractivity contribution in [3.63, 3.8) is 0 Å². The van der Waals surface area contributed by atoms with E-state index in [1.54, 1.807) is 7.05 Å². The molecule has 0 spiro atoms. The van der Waals surface area contributed by atoms with Gasteiger partial charge in [0.15, 0.2) is 0 Å². The summed E-state index contributed by atoms with van der Waals surface area (Å²) in [4.78, 5) is 26.0. The van der Waals surface area contributed by atoms with E-state index < -0.39 is 0 Å². The zero-order valence-electron chi connectivity index (χ0n) is 14.5. The predicted molar refractivity (Wildman–Crippen MR) is 98.7 cm³/mol. The van der Waals surface area contributed by atoms with Crippen LogP contribution in [0, 0.1) is 6.92 Å². The lowest BCUT2D eigenvalue weighted by molar-refractivity contribution is -0.128. The molecule has 1 saturated heterocycles. The topological polar surface area (TPSA) is 74.3 Å². The molecule has 2 amide bonds. The molecule has 0 atom stereocenters. The second-order valence-electron chi connectivity index (χ2n) is 6.14. The van der Waals surface area contributed by atoms with Crippen LogP contribution >= 0.6 is 11.5 Å². The van der Waals surface area contributed by atoms with Crippen LogP contribution in [0.3, 0.4) is 0 Å². The Labute approximate surface area is 151 Å². The highest BCUT2D eigenvalue weighted by Crippen LogP contribution is 2.23. The molecule has 0 radical (unpaired) electrons. The molecule has 6 nitrogen and oxygen atoms in total. The lowest BCUT2D eigenvalue weighted by Crippen LogP contribution is -2.24. The first-order valence-corrected chi connectivity index (χ1v) is 9.13. The Morgan fingerprint density at radius 1 is 1.28 bits per heavy atom. The number of aromatic nitrogens is 1. The molecule has 2 aromatic rings. The van der Waals surface area contributed by atoms with E-state index in [0.717, 1.165) is 34.8 Å². The van der Waals surface area contributed by atoms with Gasteiger partial charge in [-0.25, -0.2) is 0 Å². The molecule has 0 aliphatic carbocycles. The van der Waals surface area contributed by atoms with Crippen LogP contribution in [-0.4, -0.2) is 34.7 Å². The number of rotatable bonds is 6. The second-order valence-corrected chi connectivity index (χ2v) is 6.91. The molecule has 2 heterocycles. The number of anilines is 1. The molecule has 3 rings (SSSR count). The highest BCUT2D eigenvalue weighted by molar-refractivity contribution is 7.10. The van der Waals surface area contributed by atoms with Crippen molar-refractivity contribution < 1.29 is 9.59 Å². The van der Waals surface area contributed by atoms with Crippen LogP contribution in [0.2, 0.25) is 0 Å². The van der Waals surface area contributed by atoms with Crippen molar-refractivity contribution >= 4 is 28.3 Å². The molecule has 7 heteroatoms. The summed E-state index contributed by atoms with van der Waals surface area (Å²) in [6, 6.07) is 8.02. The third-order valence-electron chi connectivity index (χ3n) is 4.34. The van der Waals surface area contributed by atoms with Gasteiger partial charge < -0.3 is 15.5 Å². The fourth-order valence-corrected chi connectivity index (χ4v) is 3.68. The highest BCUT2D eigenvalue weighted by Gasteiger charge is 2.20. The molecule has 0 unspecified atom stereocenters. The van der Waals surface area contributed by atoms with Gasteiger partial charge in [0.2, 0.25) is 5.91 Å². The van der Waals surface area contributed by atoms with Crippen molar-refractivity contribution in [2.45, 2.75) is 32.9 Å². The van der Waals surface area contributed by atoms with Gasteiger partial charge in [-0.15, -0.1) is 0 Å². The van der Waals surface area contributed by atoms with Crippen molar-refractivity contribution in [3.8, 4) is 0 Å². The summed E-state index contributed by atoms with van der Waals surface area (Å²) in [6.45, 7) is 3.80. The van der Waals surface area contributed by atoms with Crippen LogP contribution in [0.25, 0.3) is 0 Å². The zero-order valence-corrected chi connectivity index (χ0v) is 15.3. The highest BCUT2D eigenvalue weighted by atomic mass is 32.1. The van der Waals surface area contributed by atoms with E-state index in [2.05, 4.69) is 15.0 Å². The molecule has 2 N–H and O–H groups in total. The molecule has 25 heavy (non-hydrogen) atoms. The van der Waals surface area contributed by atoms with E-state index in [0.29, 0.717) is 25.1 Å². The lowest BCUT2D eigenvalue weighted by atomic mass is 10.1. The van der Waals surface area contributed by atoms with Gasteiger partial charge in [-0.05, 0) is 36.0 Å². The largest absolute Gasteiger partial charge is 0.378 e. The van der Waals surface area contributed by atoms with Crippen molar-refractivity contribution in [2.24, 2.45) is 0 Å². The van der Waals surface area contributed by atoms with Crippen LogP contribution in [-0.2, 0) is 17.9 Å². The van der Waals surface area contributed by atoms with Gasteiger partial charge in [0, 0.05) is 33.1 Å². The Balaban J connectivity index is 1.57. The summed E-state index contributed by atoms with van der Waals surface area (Å²) in [5.74, 6) is 0.110. The number of carbonyl (C=O) groups is 2. The smallest absolute Gasteiger partial charge is 0.256 e. The van der Waals surface area contributed by atoms with E-state index in [4.69, 9.17) is 0 Å². The molecule has 0 bridgehead atoms. The number of likely N-dealkylation sites (tertiary alicyclic amines) is 1. The van der Waals surface area contributed by atoms with Gasteiger partial charge in [0.25, 0.3) is 5.91 Å². The third kappa shape index (κ3) is 3.99. The first kappa shape index (κ1) is 17.4. The van der Waals surface area contributed by atoms with E-state index in [1.807, 2.05) is 36.1 Å². The average molecular weight is 358 g/mol. The van der Waals surface area contributed by atoms with E-state index in [1.165, 1.54) is 11.5 Å². The van der Waals surface area contributed by atoms with Crippen LogP contribution in [0.15, 0.2) is 24.3 Å². The summed E-state index contributed by atoms with van der Waals surface area (Å²) in [5, 5.41) is 6.72. The van der Waals surface area contributed by atoms with Crippen LogP contribution in [0.5, 0.6) is 0 Å². The van der Waals surface area contributed by atoms with Gasteiger partial charge in [-0.2, -0.15) is 4.37 Å². The fraction of sp³-hybridized carbons (Fsp3) is 0.389. The minimum absolute atomic E-state index is 0.123. The maximum atomic E-state index is 12.4. The minimum Gasteiger partial charge on any atom is -0.378 e. The van der Waals surface area contributed by atoms with Crippen molar-refractivity contribution in [1.82, 2.24) is 14.6 Å². The number of amides is 2. The standard InChI is InChI=1S/C18H22N4O2S/c1-12-16(18(19-2)25-21-12)17(24)20-10-13-5-7-14(8-6-13)11-22-9-3-4-15(22)23/h5-8,19H,3-4,9-11H2,1-2H3,(H,20,24). The monoisotopic (exact) mass is 358 g/mol. The summed E-state index contributed by atoms with van der Waals surface area (Å²) >= 11 is 1.29. The SMILES string of the molecule is CNc1snc(C)c1C(=O)NCc1ccc(CN2CCCC2=O)cc1. The van der Waals surface area contributed by atoms with E-state index in [-0.39, 0.29) is 11.8 Å². The Kier molecular flexibility index (Phi) is 5.33. The molecule has 1 aromatic heterocycles. The van der Waals surface area contributed by atoms with Gasteiger partial charge in [-0.3, -0.25) is 9.59 Å². The number of hydrogen-bond acceptors (Lipinski definition) is 5. The Hall–Kier alpha value is -2.41. The number of nitrogens with one attached hydrogen (secondary N) is 2.